The van der Waals surface area contributed by atoms with Gasteiger partial charge in [-0.15, -0.1) is 0 Å². The van der Waals surface area contributed by atoms with Crippen LogP contribution in [0.4, 0.5) is 0 Å². The van der Waals surface area contributed by atoms with Gasteiger partial charge in [0.2, 0.25) is 0 Å². The third-order valence-electron chi connectivity index (χ3n) is 6.02. The molecule has 0 radical (unpaired) electrons. The third kappa shape index (κ3) is 3.39. The third-order valence-corrected chi connectivity index (χ3v) is 6.02. The summed E-state index contributed by atoms with van der Waals surface area (Å²) in [6.45, 7) is 15.7. The van der Waals surface area contributed by atoms with E-state index in [1.54, 1.807) is 0 Å². The molecule has 0 aromatic carbocycles. The Balaban J connectivity index is 2.02. The molecule has 0 bridgehead atoms. The van der Waals surface area contributed by atoms with Crippen LogP contribution < -0.4 is 5.32 Å². The molecule has 20 heavy (non-hydrogen) atoms. The van der Waals surface area contributed by atoms with Crippen molar-refractivity contribution < 1.29 is 0 Å². The summed E-state index contributed by atoms with van der Waals surface area (Å²) in [5.41, 5.74) is 0.789. The molecule has 2 heteroatoms. The fraction of sp³-hybridized carbons (Fsp3) is 1.00. The fourth-order valence-electron chi connectivity index (χ4n) is 4.05. The van der Waals surface area contributed by atoms with E-state index in [2.05, 4.69) is 44.8 Å². The van der Waals surface area contributed by atoms with E-state index in [4.69, 9.17) is 0 Å². The number of piperazine rings is 1. The number of nitrogens with one attached hydrogen (secondary N) is 1. The molecule has 0 aromatic heterocycles. The lowest BCUT2D eigenvalue weighted by Crippen LogP contribution is -2.69. The predicted molar refractivity (Wildman–Crippen MR) is 88.1 cm³/mol. The largest absolute Gasteiger partial charge is 0.308 e. The van der Waals surface area contributed by atoms with Crippen molar-refractivity contribution in [2.24, 2.45) is 11.8 Å². The van der Waals surface area contributed by atoms with Gasteiger partial charge in [0, 0.05) is 24.2 Å². The Labute approximate surface area is 126 Å². The average Bonchev–Trinajstić information content (AvgIpc) is 3.24. The van der Waals surface area contributed by atoms with Crippen LogP contribution in [0.25, 0.3) is 0 Å². The van der Waals surface area contributed by atoms with Crippen LogP contribution in [0, 0.1) is 11.8 Å². The second-order valence-corrected chi connectivity index (χ2v) is 7.93. The highest BCUT2D eigenvalue weighted by Gasteiger charge is 2.49. The van der Waals surface area contributed by atoms with Gasteiger partial charge in [-0.05, 0) is 63.8 Å². The van der Waals surface area contributed by atoms with Crippen molar-refractivity contribution in [1.29, 1.82) is 0 Å². The first-order valence-electron chi connectivity index (χ1n) is 8.96. The number of hydrogen-bond donors (Lipinski definition) is 1. The van der Waals surface area contributed by atoms with Crippen molar-refractivity contribution >= 4 is 0 Å². The molecule has 2 nitrogen and oxygen atoms in total. The summed E-state index contributed by atoms with van der Waals surface area (Å²) < 4.78 is 0. The minimum Gasteiger partial charge on any atom is -0.308 e. The summed E-state index contributed by atoms with van der Waals surface area (Å²) in [5.74, 6) is 1.77. The molecule has 1 atom stereocenters. The van der Waals surface area contributed by atoms with Gasteiger partial charge < -0.3 is 5.32 Å². The van der Waals surface area contributed by atoms with Crippen molar-refractivity contribution in [1.82, 2.24) is 10.2 Å². The minimum atomic E-state index is 0.381. The molecule has 1 heterocycles. The summed E-state index contributed by atoms with van der Waals surface area (Å²) >= 11 is 0. The van der Waals surface area contributed by atoms with Gasteiger partial charge in [-0.25, -0.2) is 0 Å². The van der Waals surface area contributed by atoms with Crippen molar-refractivity contribution in [3.05, 3.63) is 0 Å². The number of rotatable bonds is 7. The Morgan fingerprint density at radius 1 is 1.20 bits per heavy atom. The Hall–Kier alpha value is -0.0800. The zero-order chi connectivity index (χ0) is 14.8. The summed E-state index contributed by atoms with van der Waals surface area (Å²) in [5, 5.41) is 3.94. The lowest BCUT2D eigenvalue weighted by molar-refractivity contribution is -0.00486. The maximum Gasteiger partial charge on any atom is 0.0329 e. The smallest absolute Gasteiger partial charge is 0.0329 e. The van der Waals surface area contributed by atoms with Crippen LogP contribution in [0.2, 0.25) is 0 Å². The second kappa shape index (κ2) is 6.36. The molecular weight excluding hydrogens is 244 g/mol. The highest BCUT2D eigenvalue weighted by Crippen LogP contribution is 2.43. The maximum atomic E-state index is 3.94. The zero-order valence-electron chi connectivity index (χ0n) is 14.5. The number of hydrogen-bond acceptors (Lipinski definition) is 2. The lowest BCUT2D eigenvalue weighted by atomic mass is 9.81. The van der Waals surface area contributed by atoms with Crippen molar-refractivity contribution in [3.8, 4) is 0 Å². The summed E-state index contributed by atoms with van der Waals surface area (Å²) in [6, 6.07) is 0. The van der Waals surface area contributed by atoms with Crippen LogP contribution in [-0.2, 0) is 0 Å². The Kier molecular flexibility index (Phi) is 5.18. The molecule has 2 rings (SSSR count). The molecule has 0 spiro atoms. The van der Waals surface area contributed by atoms with E-state index >= 15 is 0 Å². The van der Waals surface area contributed by atoms with E-state index in [1.807, 2.05) is 0 Å². The van der Waals surface area contributed by atoms with E-state index in [0.717, 1.165) is 11.8 Å². The van der Waals surface area contributed by atoms with Crippen molar-refractivity contribution in [2.45, 2.75) is 84.2 Å². The van der Waals surface area contributed by atoms with Crippen LogP contribution in [0.5, 0.6) is 0 Å². The molecule has 1 aliphatic heterocycles. The van der Waals surface area contributed by atoms with E-state index < -0.39 is 0 Å². The molecule has 1 aliphatic carbocycles. The SMILES string of the molecule is CCC1(CC)CNC(C)(C2CC2)CN1CCCC(C)C. The summed E-state index contributed by atoms with van der Waals surface area (Å²) in [6.07, 6.45) is 8.16. The first-order valence-corrected chi connectivity index (χ1v) is 8.96. The molecule has 1 unspecified atom stereocenters. The van der Waals surface area contributed by atoms with E-state index in [-0.39, 0.29) is 0 Å². The second-order valence-electron chi connectivity index (χ2n) is 7.93. The van der Waals surface area contributed by atoms with E-state index in [1.165, 1.54) is 58.2 Å². The molecule has 1 N–H and O–H groups in total. The first-order chi connectivity index (χ1) is 9.46. The van der Waals surface area contributed by atoms with Crippen LogP contribution in [0.15, 0.2) is 0 Å². The zero-order valence-corrected chi connectivity index (χ0v) is 14.5. The quantitative estimate of drug-likeness (QED) is 0.756. The fourth-order valence-corrected chi connectivity index (χ4v) is 4.05. The number of nitrogens with zero attached hydrogens (tertiary/aromatic N) is 1. The highest BCUT2D eigenvalue weighted by atomic mass is 15.3. The Morgan fingerprint density at radius 2 is 1.85 bits per heavy atom. The standard InChI is InChI=1S/C18H36N2/c1-6-18(7-2)13-19-17(5,16-10-11-16)14-20(18)12-8-9-15(3)4/h15-16,19H,6-14H2,1-5H3. The van der Waals surface area contributed by atoms with Gasteiger partial charge in [-0.3, -0.25) is 4.90 Å². The molecule has 2 fully saturated rings. The molecule has 118 valence electrons. The van der Waals surface area contributed by atoms with E-state index in [0.29, 0.717) is 11.1 Å². The Bertz CT molecular complexity index is 305. The normalized spacial score (nSPS) is 30.9. The highest BCUT2D eigenvalue weighted by molar-refractivity contribution is 5.08. The topological polar surface area (TPSA) is 15.3 Å². The lowest BCUT2D eigenvalue weighted by Gasteiger charge is -2.54. The van der Waals surface area contributed by atoms with E-state index in [9.17, 15) is 0 Å². The van der Waals surface area contributed by atoms with Gasteiger partial charge in [-0.2, -0.15) is 0 Å². The van der Waals surface area contributed by atoms with Gasteiger partial charge >= 0.3 is 0 Å². The van der Waals surface area contributed by atoms with Gasteiger partial charge in [0.1, 0.15) is 0 Å². The molecule has 0 aromatic rings. The minimum absolute atomic E-state index is 0.381. The molecule has 1 saturated heterocycles. The Morgan fingerprint density at radius 3 is 2.35 bits per heavy atom. The summed E-state index contributed by atoms with van der Waals surface area (Å²) in [4.78, 5) is 2.85. The maximum absolute atomic E-state index is 3.94. The molecule has 1 saturated carbocycles. The van der Waals surface area contributed by atoms with Crippen LogP contribution >= 0.6 is 0 Å². The van der Waals surface area contributed by atoms with Crippen molar-refractivity contribution in [3.63, 3.8) is 0 Å². The predicted octanol–water partition coefficient (Wildman–Crippen LogP) is 4.06. The van der Waals surface area contributed by atoms with Crippen molar-refractivity contribution in [2.75, 3.05) is 19.6 Å². The van der Waals surface area contributed by atoms with Crippen LogP contribution in [0.3, 0.4) is 0 Å². The van der Waals surface area contributed by atoms with Gasteiger partial charge in [-0.1, -0.05) is 27.7 Å². The molecule has 2 aliphatic rings. The van der Waals surface area contributed by atoms with Gasteiger partial charge in [0.05, 0.1) is 0 Å². The first kappa shape index (κ1) is 16.3. The van der Waals surface area contributed by atoms with Gasteiger partial charge in [0.15, 0.2) is 0 Å². The monoisotopic (exact) mass is 280 g/mol. The summed E-state index contributed by atoms with van der Waals surface area (Å²) in [7, 11) is 0. The van der Waals surface area contributed by atoms with Gasteiger partial charge in [0.25, 0.3) is 0 Å². The van der Waals surface area contributed by atoms with Crippen LogP contribution in [-0.4, -0.2) is 35.6 Å². The molecular formula is C18H36N2. The average molecular weight is 280 g/mol. The van der Waals surface area contributed by atoms with Crippen LogP contribution in [0.1, 0.15) is 73.1 Å². The molecule has 0 amide bonds.